The normalized spacial score (nSPS) is 20.6. The standard InChI is InChI=1S/C22H38N4O4S/c1-4-22(21(23)28,11-14-24(3)17-18-27)31(29,30)26-13-6-12-25(15-16-26)20-8-5-7-19(2)9-10-20/h5,8-10,27H,4,6-7,11-18H2,1-3H3,(H2,23,28). The van der Waals surface area contributed by atoms with E-state index >= 15 is 0 Å². The summed E-state index contributed by atoms with van der Waals surface area (Å²) in [4.78, 5) is 16.5. The number of rotatable bonds is 10. The van der Waals surface area contributed by atoms with Crippen molar-refractivity contribution in [1.29, 1.82) is 0 Å². The first-order valence-electron chi connectivity index (χ1n) is 11.1. The van der Waals surface area contributed by atoms with Crippen molar-refractivity contribution in [1.82, 2.24) is 14.1 Å². The lowest BCUT2D eigenvalue weighted by atomic mass is 10.0. The SMILES string of the molecule is CCC(CCN(C)CCO)(C(N)=O)S(=O)(=O)N1CCCN(C2=CC=C(C)CC=C2)CC1. The monoisotopic (exact) mass is 454 g/mol. The Morgan fingerprint density at radius 3 is 2.61 bits per heavy atom. The molecule has 0 bridgehead atoms. The second-order valence-electron chi connectivity index (χ2n) is 8.44. The molecule has 31 heavy (non-hydrogen) atoms. The van der Waals surface area contributed by atoms with E-state index in [0.29, 0.717) is 39.1 Å². The Hall–Kier alpha value is -1.68. The maximum absolute atomic E-state index is 13.7. The summed E-state index contributed by atoms with van der Waals surface area (Å²) in [6, 6.07) is 0. The highest BCUT2D eigenvalue weighted by Gasteiger charge is 2.50. The van der Waals surface area contributed by atoms with Gasteiger partial charge in [-0.3, -0.25) is 4.79 Å². The van der Waals surface area contributed by atoms with E-state index in [1.807, 2.05) is 4.90 Å². The number of hydrogen-bond donors (Lipinski definition) is 2. The molecule has 8 nitrogen and oxygen atoms in total. The number of likely N-dealkylation sites (N-methyl/N-ethyl adjacent to an activating group) is 1. The predicted octanol–water partition coefficient (Wildman–Crippen LogP) is 1.06. The molecule has 1 amide bonds. The van der Waals surface area contributed by atoms with Crippen molar-refractivity contribution in [3.05, 3.63) is 35.6 Å². The first-order chi connectivity index (χ1) is 14.7. The maximum atomic E-state index is 13.7. The van der Waals surface area contributed by atoms with Crippen LogP contribution in [-0.2, 0) is 14.8 Å². The molecule has 0 radical (unpaired) electrons. The zero-order valence-corrected chi connectivity index (χ0v) is 19.9. The molecule has 0 aromatic heterocycles. The second-order valence-corrected chi connectivity index (χ2v) is 10.7. The molecule has 176 valence electrons. The van der Waals surface area contributed by atoms with Gasteiger partial charge in [-0.25, -0.2) is 8.42 Å². The van der Waals surface area contributed by atoms with Crippen LogP contribution >= 0.6 is 0 Å². The number of aliphatic hydroxyl groups excluding tert-OH is 1. The molecule has 0 aromatic carbocycles. The quantitative estimate of drug-likeness (QED) is 0.511. The van der Waals surface area contributed by atoms with Crippen molar-refractivity contribution in [2.24, 2.45) is 5.73 Å². The minimum Gasteiger partial charge on any atom is -0.395 e. The molecule has 1 unspecified atom stereocenters. The van der Waals surface area contributed by atoms with E-state index < -0.39 is 20.7 Å². The topological polar surface area (TPSA) is 107 Å². The number of sulfonamides is 1. The van der Waals surface area contributed by atoms with Gasteiger partial charge in [0.25, 0.3) is 0 Å². The lowest BCUT2D eigenvalue weighted by molar-refractivity contribution is -0.121. The summed E-state index contributed by atoms with van der Waals surface area (Å²) in [5.74, 6) is -0.802. The Morgan fingerprint density at radius 1 is 1.23 bits per heavy atom. The molecular formula is C22H38N4O4S. The number of aliphatic hydroxyl groups is 1. The molecule has 0 saturated carbocycles. The van der Waals surface area contributed by atoms with Crippen LogP contribution < -0.4 is 5.73 Å². The van der Waals surface area contributed by atoms with Crippen LogP contribution in [0.4, 0.5) is 0 Å². The highest BCUT2D eigenvalue weighted by molar-refractivity contribution is 7.91. The Bertz CT molecular complexity index is 821. The van der Waals surface area contributed by atoms with Crippen LogP contribution in [0.5, 0.6) is 0 Å². The van der Waals surface area contributed by atoms with Gasteiger partial charge in [-0.15, -0.1) is 0 Å². The zero-order chi connectivity index (χ0) is 23.1. The molecule has 9 heteroatoms. The molecule has 1 saturated heterocycles. The van der Waals surface area contributed by atoms with Crippen LogP contribution in [0.2, 0.25) is 0 Å². The first kappa shape index (κ1) is 25.6. The summed E-state index contributed by atoms with van der Waals surface area (Å²) in [6.07, 6.45) is 10.2. The number of hydrogen-bond acceptors (Lipinski definition) is 6. The Balaban J connectivity index is 2.21. The van der Waals surface area contributed by atoms with Crippen LogP contribution in [0.25, 0.3) is 0 Å². The van der Waals surface area contributed by atoms with Crippen LogP contribution in [0.1, 0.15) is 39.5 Å². The van der Waals surface area contributed by atoms with Gasteiger partial charge in [0.1, 0.15) is 0 Å². The van der Waals surface area contributed by atoms with Gasteiger partial charge in [0.2, 0.25) is 15.9 Å². The summed E-state index contributed by atoms with van der Waals surface area (Å²) in [7, 11) is -2.16. The van der Waals surface area contributed by atoms with E-state index in [2.05, 4.69) is 36.1 Å². The summed E-state index contributed by atoms with van der Waals surface area (Å²) in [5, 5.41) is 9.11. The second kappa shape index (κ2) is 11.3. The molecule has 0 aromatic rings. The third-order valence-electron chi connectivity index (χ3n) is 6.32. The predicted molar refractivity (Wildman–Crippen MR) is 124 cm³/mol. The zero-order valence-electron chi connectivity index (χ0n) is 19.1. The summed E-state index contributed by atoms with van der Waals surface area (Å²) >= 11 is 0. The number of nitrogens with zero attached hydrogens (tertiary/aromatic N) is 3. The van der Waals surface area contributed by atoms with Crippen molar-refractivity contribution < 1.29 is 18.3 Å². The van der Waals surface area contributed by atoms with Gasteiger partial charge in [0, 0.05) is 38.4 Å². The van der Waals surface area contributed by atoms with Gasteiger partial charge >= 0.3 is 0 Å². The van der Waals surface area contributed by atoms with Gasteiger partial charge in [0.05, 0.1) is 6.61 Å². The van der Waals surface area contributed by atoms with E-state index in [1.165, 1.54) is 9.88 Å². The molecule has 1 atom stereocenters. The van der Waals surface area contributed by atoms with E-state index in [9.17, 15) is 13.2 Å². The highest BCUT2D eigenvalue weighted by atomic mass is 32.2. The number of primary amides is 1. The first-order valence-corrected chi connectivity index (χ1v) is 12.5. The van der Waals surface area contributed by atoms with Gasteiger partial charge < -0.3 is 20.6 Å². The summed E-state index contributed by atoms with van der Waals surface area (Å²) in [5.41, 5.74) is 8.07. The number of amides is 1. The van der Waals surface area contributed by atoms with Crippen LogP contribution in [0, 0.1) is 0 Å². The Kier molecular flexibility index (Phi) is 9.29. The lowest BCUT2D eigenvalue weighted by Gasteiger charge is -2.35. The van der Waals surface area contributed by atoms with Crippen LogP contribution in [-0.4, -0.2) is 91.2 Å². The molecule has 2 rings (SSSR count). The van der Waals surface area contributed by atoms with Crippen LogP contribution in [0.15, 0.2) is 35.6 Å². The van der Waals surface area contributed by atoms with E-state index in [0.717, 1.165) is 18.7 Å². The molecule has 1 aliphatic heterocycles. The fourth-order valence-electron chi connectivity index (χ4n) is 4.13. The number of allylic oxidation sites excluding steroid dienone is 5. The van der Waals surface area contributed by atoms with E-state index in [4.69, 9.17) is 10.8 Å². The number of carbonyl (C=O) groups excluding carboxylic acids is 1. The fraction of sp³-hybridized carbons (Fsp3) is 0.682. The molecule has 1 aliphatic carbocycles. The molecule has 3 N–H and O–H groups in total. The average Bonchev–Trinajstić information content (AvgIpc) is 3.09. The fourth-order valence-corrected chi connectivity index (χ4v) is 6.29. The Labute approximate surface area is 187 Å². The number of carbonyl (C=O) groups is 1. The van der Waals surface area contributed by atoms with E-state index in [-0.39, 0.29) is 19.4 Å². The average molecular weight is 455 g/mol. The molecule has 1 heterocycles. The highest BCUT2D eigenvalue weighted by Crippen LogP contribution is 2.31. The molecule has 0 spiro atoms. The summed E-state index contributed by atoms with van der Waals surface area (Å²) < 4.78 is 27.2. The number of nitrogens with two attached hydrogens (primary N) is 1. The molecule has 2 aliphatic rings. The van der Waals surface area contributed by atoms with Gasteiger partial charge in [0.15, 0.2) is 4.75 Å². The van der Waals surface area contributed by atoms with Gasteiger partial charge in [-0.2, -0.15) is 4.31 Å². The molecular weight excluding hydrogens is 416 g/mol. The van der Waals surface area contributed by atoms with Crippen molar-refractivity contribution in [2.75, 3.05) is 52.9 Å². The van der Waals surface area contributed by atoms with Crippen molar-refractivity contribution >= 4 is 15.9 Å². The minimum atomic E-state index is -3.95. The smallest absolute Gasteiger partial charge is 0.240 e. The van der Waals surface area contributed by atoms with Crippen LogP contribution in [0.3, 0.4) is 0 Å². The van der Waals surface area contributed by atoms with E-state index in [1.54, 1.807) is 14.0 Å². The van der Waals surface area contributed by atoms with Gasteiger partial charge in [-0.1, -0.05) is 24.6 Å². The minimum absolute atomic E-state index is 0.0279. The third kappa shape index (κ3) is 5.97. The maximum Gasteiger partial charge on any atom is 0.240 e. The third-order valence-corrected chi connectivity index (χ3v) is 9.05. The van der Waals surface area contributed by atoms with Crippen molar-refractivity contribution in [3.8, 4) is 0 Å². The van der Waals surface area contributed by atoms with Gasteiger partial charge in [-0.05, 0) is 58.4 Å². The Morgan fingerprint density at radius 2 is 1.97 bits per heavy atom. The summed E-state index contributed by atoms with van der Waals surface area (Å²) in [6.45, 7) is 6.54. The van der Waals surface area contributed by atoms with Crippen molar-refractivity contribution in [3.63, 3.8) is 0 Å². The molecule has 1 fully saturated rings. The van der Waals surface area contributed by atoms with Crippen molar-refractivity contribution in [2.45, 2.75) is 44.3 Å². The largest absolute Gasteiger partial charge is 0.395 e. The lowest BCUT2D eigenvalue weighted by Crippen LogP contribution is -2.57.